The maximum atomic E-state index is 12.6. The third kappa shape index (κ3) is 4.99. The van der Waals surface area contributed by atoms with Gasteiger partial charge in [-0.05, 0) is 39.3 Å². The molecule has 0 unspecified atom stereocenters. The lowest BCUT2D eigenvalue weighted by Gasteiger charge is -2.17. The van der Waals surface area contributed by atoms with Crippen molar-refractivity contribution in [3.63, 3.8) is 0 Å². The summed E-state index contributed by atoms with van der Waals surface area (Å²) in [6.45, 7) is 7.74. The molecule has 0 aliphatic carbocycles. The molecule has 0 bridgehead atoms. The van der Waals surface area contributed by atoms with Crippen LogP contribution in [0.15, 0.2) is 12.2 Å². The number of amides is 2. The average Bonchev–Trinajstić information content (AvgIpc) is 2.89. The molecule has 1 rings (SSSR count). The number of ether oxygens (including phenoxy) is 1. The molecule has 0 atom stereocenters. The Morgan fingerprint density at radius 2 is 1.76 bits per heavy atom. The molecule has 0 fully saturated rings. The number of ketones is 1. The molecule has 0 radical (unpaired) electrons. The average molecular weight is 366 g/mol. The number of methoxy groups -OCH3 is 1. The molecule has 136 valence electrons. The van der Waals surface area contributed by atoms with E-state index in [9.17, 15) is 19.2 Å². The fourth-order valence-electron chi connectivity index (χ4n) is 2.15. The van der Waals surface area contributed by atoms with Gasteiger partial charge in [0.25, 0.3) is 5.91 Å². The van der Waals surface area contributed by atoms with Gasteiger partial charge in [-0.15, -0.1) is 11.3 Å². The molecule has 1 aromatic heterocycles. The number of nitrogens with one attached hydrogen (secondary N) is 1. The molecule has 0 spiro atoms. The van der Waals surface area contributed by atoms with E-state index in [1.807, 2.05) is 13.8 Å². The molecule has 0 saturated heterocycles. The first-order valence-electron chi connectivity index (χ1n) is 7.77. The Balaban J connectivity index is 3.30. The summed E-state index contributed by atoms with van der Waals surface area (Å²) in [6.07, 6.45) is 2.19. The smallest absolute Gasteiger partial charge is 0.341 e. The molecular formula is C17H22N2O5S. The third-order valence-corrected chi connectivity index (χ3v) is 4.68. The Morgan fingerprint density at radius 1 is 1.16 bits per heavy atom. The molecule has 7 nitrogen and oxygen atoms in total. The van der Waals surface area contributed by atoms with Gasteiger partial charge >= 0.3 is 5.97 Å². The van der Waals surface area contributed by atoms with Gasteiger partial charge in [-0.2, -0.15) is 0 Å². The summed E-state index contributed by atoms with van der Waals surface area (Å²) in [6, 6.07) is 0. The lowest BCUT2D eigenvalue weighted by Crippen LogP contribution is -2.30. The van der Waals surface area contributed by atoms with Crippen LogP contribution in [0.5, 0.6) is 0 Å². The van der Waals surface area contributed by atoms with E-state index in [0.717, 1.165) is 23.5 Å². The van der Waals surface area contributed by atoms with Gasteiger partial charge in [-0.1, -0.05) is 0 Å². The second-order valence-corrected chi connectivity index (χ2v) is 6.18. The minimum absolute atomic E-state index is 0.146. The van der Waals surface area contributed by atoms with Crippen molar-refractivity contribution in [1.29, 1.82) is 0 Å². The monoisotopic (exact) mass is 366 g/mol. The van der Waals surface area contributed by atoms with Crippen LogP contribution >= 0.6 is 11.3 Å². The quantitative estimate of drug-likeness (QED) is 0.591. The highest BCUT2D eigenvalue weighted by molar-refractivity contribution is 7.18. The van der Waals surface area contributed by atoms with E-state index in [4.69, 9.17) is 4.74 Å². The number of hydrogen-bond donors (Lipinski definition) is 1. The normalized spacial score (nSPS) is 10.6. The molecule has 8 heteroatoms. The molecule has 0 aliphatic rings. The van der Waals surface area contributed by atoms with E-state index in [0.29, 0.717) is 23.5 Å². The zero-order chi connectivity index (χ0) is 19.1. The first-order valence-corrected chi connectivity index (χ1v) is 8.58. The second-order valence-electron chi connectivity index (χ2n) is 5.16. The van der Waals surface area contributed by atoms with Crippen LogP contribution in [0.2, 0.25) is 0 Å². The van der Waals surface area contributed by atoms with Gasteiger partial charge in [0, 0.05) is 19.2 Å². The highest BCUT2D eigenvalue weighted by atomic mass is 32.1. The molecule has 1 aromatic rings. The van der Waals surface area contributed by atoms with Gasteiger partial charge < -0.3 is 15.0 Å². The molecular weight excluding hydrogens is 344 g/mol. The number of allylic oxidation sites excluding steroid dienone is 1. The number of carbonyl (C=O) groups is 4. The summed E-state index contributed by atoms with van der Waals surface area (Å²) in [5.41, 5.74) is 0.604. The number of esters is 1. The summed E-state index contributed by atoms with van der Waals surface area (Å²) in [5.74, 6) is -1.69. The first kappa shape index (κ1) is 20.6. The standard InChI is InChI=1S/C17H22N2O5S/c1-6-19(7-2)16(22)14-11(4)13(17(23)24-5)15(25-14)18-12(21)9-8-10(3)20/h8-9H,6-7H2,1-5H3,(H,18,21)/b9-8+. The molecule has 1 N–H and O–H groups in total. The molecule has 0 aromatic carbocycles. The number of carbonyl (C=O) groups excluding carboxylic acids is 4. The molecule has 1 heterocycles. The number of nitrogens with zero attached hydrogens (tertiary/aromatic N) is 1. The highest BCUT2D eigenvalue weighted by Crippen LogP contribution is 2.34. The van der Waals surface area contributed by atoms with Crippen LogP contribution in [0.3, 0.4) is 0 Å². The van der Waals surface area contributed by atoms with Crippen molar-refractivity contribution >= 4 is 39.9 Å². The SMILES string of the molecule is CCN(CC)C(=O)c1sc(NC(=O)/C=C/C(C)=O)c(C(=O)OC)c1C. The molecule has 25 heavy (non-hydrogen) atoms. The minimum atomic E-state index is -0.641. The second kappa shape index (κ2) is 9.12. The minimum Gasteiger partial charge on any atom is -0.465 e. The predicted molar refractivity (Wildman–Crippen MR) is 96.1 cm³/mol. The zero-order valence-electron chi connectivity index (χ0n) is 15.0. The Labute approximate surface area is 150 Å². The van der Waals surface area contributed by atoms with Crippen molar-refractivity contribution in [2.24, 2.45) is 0 Å². The van der Waals surface area contributed by atoms with E-state index < -0.39 is 11.9 Å². The van der Waals surface area contributed by atoms with Crippen molar-refractivity contribution in [1.82, 2.24) is 4.90 Å². The lowest BCUT2D eigenvalue weighted by molar-refractivity contribution is -0.114. The number of hydrogen-bond acceptors (Lipinski definition) is 6. The summed E-state index contributed by atoms with van der Waals surface area (Å²) >= 11 is 1.02. The summed E-state index contributed by atoms with van der Waals surface area (Å²) in [5, 5.41) is 2.76. The number of thiophene rings is 1. The maximum absolute atomic E-state index is 12.6. The van der Waals surface area contributed by atoms with E-state index in [2.05, 4.69) is 5.32 Å². The van der Waals surface area contributed by atoms with Crippen LogP contribution in [-0.4, -0.2) is 48.7 Å². The lowest BCUT2D eigenvalue weighted by atomic mass is 10.1. The van der Waals surface area contributed by atoms with Crippen molar-refractivity contribution in [2.45, 2.75) is 27.7 Å². The summed E-state index contributed by atoms with van der Waals surface area (Å²) in [7, 11) is 1.23. The van der Waals surface area contributed by atoms with Crippen LogP contribution in [0.4, 0.5) is 5.00 Å². The van der Waals surface area contributed by atoms with E-state index >= 15 is 0 Å². The Bertz CT molecular complexity index is 717. The van der Waals surface area contributed by atoms with Gasteiger partial charge in [0.1, 0.15) is 5.00 Å². The van der Waals surface area contributed by atoms with Crippen LogP contribution in [0, 0.1) is 6.92 Å². The largest absolute Gasteiger partial charge is 0.465 e. The Kier molecular flexibility index (Phi) is 7.50. The third-order valence-electron chi connectivity index (χ3n) is 3.49. The molecule has 0 saturated carbocycles. The fourth-order valence-corrected chi connectivity index (χ4v) is 3.32. The summed E-state index contributed by atoms with van der Waals surface area (Å²) in [4.78, 5) is 49.5. The molecule has 2 amide bonds. The molecule has 0 aliphatic heterocycles. The van der Waals surface area contributed by atoms with E-state index in [-0.39, 0.29) is 22.3 Å². The van der Waals surface area contributed by atoms with Crippen molar-refractivity contribution in [3.8, 4) is 0 Å². The van der Waals surface area contributed by atoms with Gasteiger partial charge in [0.05, 0.1) is 17.6 Å². The van der Waals surface area contributed by atoms with Crippen LogP contribution in [0.1, 0.15) is 46.4 Å². The maximum Gasteiger partial charge on any atom is 0.341 e. The Hall–Kier alpha value is -2.48. The first-order chi connectivity index (χ1) is 11.8. The highest BCUT2D eigenvalue weighted by Gasteiger charge is 2.27. The van der Waals surface area contributed by atoms with Gasteiger partial charge in [0.15, 0.2) is 5.78 Å². The van der Waals surface area contributed by atoms with Crippen molar-refractivity contribution < 1.29 is 23.9 Å². The van der Waals surface area contributed by atoms with Gasteiger partial charge in [0.2, 0.25) is 5.91 Å². The van der Waals surface area contributed by atoms with Crippen LogP contribution in [-0.2, 0) is 14.3 Å². The number of rotatable bonds is 7. The topological polar surface area (TPSA) is 92.8 Å². The van der Waals surface area contributed by atoms with Gasteiger partial charge in [-0.3, -0.25) is 14.4 Å². The predicted octanol–water partition coefficient (Wildman–Crippen LogP) is 2.41. The zero-order valence-corrected chi connectivity index (χ0v) is 15.8. The summed E-state index contributed by atoms with van der Waals surface area (Å²) < 4.78 is 4.76. The van der Waals surface area contributed by atoms with Crippen molar-refractivity contribution in [2.75, 3.05) is 25.5 Å². The van der Waals surface area contributed by atoms with Crippen LogP contribution < -0.4 is 5.32 Å². The van der Waals surface area contributed by atoms with E-state index in [1.165, 1.54) is 14.0 Å². The number of anilines is 1. The van der Waals surface area contributed by atoms with Crippen molar-refractivity contribution in [3.05, 3.63) is 28.2 Å². The van der Waals surface area contributed by atoms with Crippen LogP contribution in [0.25, 0.3) is 0 Å². The fraction of sp³-hybridized carbons (Fsp3) is 0.412. The van der Waals surface area contributed by atoms with E-state index in [1.54, 1.807) is 11.8 Å². The van der Waals surface area contributed by atoms with Gasteiger partial charge in [-0.25, -0.2) is 4.79 Å². The Morgan fingerprint density at radius 3 is 2.24 bits per heavy atom.